The molecule has 0 aliphatic carbocycles. The van der Waals surface area contributed by atoms with Crippen LogP contribution < -0.4 is 9.47 Å². The highest BCUT2D eigenvalue weighted by atomic mass is 16.6. The number of aryl methyl sites for hydroxylation is 1. The maximum atomic E-state index is 5.36. The van der Waals surface area contributed by atoms with Crippen molar-refractivity contribution in [3.05, 3.63) is 59.5 Å². The molecule has 1 heterocycles. The molecule has 7 heteroatoms. The Balaban J connectivity index is 1.62. The second kappa shape index (κ2) is 8.84. The highest BCUT2D eigenvalue weighted by Gasteiger charge is 2.14. The summed E-state index contributed by atoms with van der Waals surface area (Å²) in [6.07, 6.45) is 2.65. The molecule has 1 aromatic heterocycles. The van der Waals surface area contributed by atoms with Gasteiger partial charge in [-0.1, -0.05) is 41.5 Å². The zero-order chi connectivity index (χ0) is 19.1. The number of benzene rings is 2. The highest BCUT2D eigenvalue weighted by molar-refractivity contribution is 5.79. The van der Waals surface area contributed by atoms with Gasteiger partial charge in [0.15, 0.2) is 6.61 Å². The van der Waals surface area contributed by atoms with Crippen LogP contribution in [0.15, 0.2) is 52.1 Å². The Morgan fingerprint density at radius 2 is 1.89 bits per heavy atom. The minimum Gasteiger partial charge on any atom is -0.497 e. The first kappa shape index (κ1) is 18.4. The Labute approximate surface area is 157 Å². The number of nitrogens with zero attached hydrogens (tertiary/aromatic N) is 3. The molecule has 0 aliphatic rings. The summed E-state index contributed by atoms with van der Waals surface area (Å²) in [5.74, 6) is 2.01. The van der Waals surface area contributed by atoms with Crippen molar-refractivity contribution >= 4 is 6.21 Å². The first-order valence-corrected chi connectivity index (χ1v) is 8.52. The molecule has 2 aromatic carbocycles. The summed E-state index contributed by atoms with van der Waals surface area (Å²) < 4.78 is 15.8. The van der Waals surface area contributed by atoms with Crippen LogP contribution in [0.1, 0.15) is 23.9 Å². The second-order valence-corrected chi connectivity index (χ2v) is 5.68. The summed E-state index contributed by atoms with van der Waals surface area (Å²) in [5, 5.41) is 7.90. The molecule has 0 saturated heterocycles. The van der Waals surface area contributed by atoms with E-state index < -0.39 is 0 Å². The maximum absolute atomic E-state index is 5.36. The van der Waals surface area contributed by atoms with Crippen molar-refractivity contribution in [2.24, 2.45) is 5.16 Å². The average molecular weight is 367 g/mol. The van der Waals surface area contributed by atoms with E-state index in [0.717, 1.165) is 12.0 Å². The quantitative estimate of drug-likeness (QED) is 0.444. The van der Waals surface area contributed by atoms with Crippen LogP contribution in [0.3, 0.4) is 0 Å². The fourth-order valence-electron chi connectivity index (χ4n) is 2.44. The van der Waals surface area contributed by atoms with E-state index in [1.807, 2.05) is 18.2 Å². The van der Waals surface area contributed by atoms with Crippen molar-refractivity contribution in [2.75, 3.05) is 14.2 Å². The summed E-state index contributed by atoms with van der Waals surface area (Å²) in [7, 11) is 3.17. The van der Waals surface area contributed by atoms with Gasteiger partial charge in [0.1, 0.15) is 11.5 Å². The minimum absolute atomic E-state index is 0.0784. The van der Waals surface area contributed by atoms with Crippen molar-refractivity contribution in [2.45, 2.75) is 20.0 Å². The Kier molecular flexibility index (Phi) is 6.04. The molecule has 27 heavy (non-hydrogen) atoms. The number of hydrogen-bond acceptors (Lipinski definition) is 7. The van der Waals surface area contributed by atoms with E-state index in [2.05, 4.69) is 34.4 Å². The smallest absolute Gasteiger partial charge is 0.267 e. The van der Waals surface area contributed by atoms with Gasteiger partial charge in [0.2, 0.25) is 5.82 Å². The molecule has 3 aromatic rings. The van der Waals surface area contributed by atoms with Gasteiger partial charge in [-0.15, -0.1) is 0 Å². The van der Waals surface area contributed by atoms with Crippen LogP contribution in [0.2, 0.25) is 0 Å². The number of ether oxygens (including phenoxy) is 2. The predicted octanol–water partition coefficient (Wildman–Crippen LogP) is 3.87. The molecule has 140 valence electrons. The van der Waals surface area contributed by atoms with Crippen molar-refractivity contribution in [1.29, 1.82) is 0 Å². The fourth-order valence-corrected chi connectivity index (χ4v) is 2.44. The SMILES string of the molecule is CCc1ccc(/C=N\OCc2nc(-c3ccc(OC)cc3OC)no2)cc1. The van der Waals surface area contributed by atoms with Crippen LogP contribution in [0.25, 0.3) is 11.4 Å². The van der Waals surface area contributed by atoms with Crippen LogP contribution in [0.4, 0.5) is 0 Å². The largest absolute Gasteiger partial charge is 0.497 e. The Bertz CT molecular complexity index is 904. The first-order chi connectivity index (χ1) is 13.2. The maximum Gasteiger partial charge on any atom is 0.267 e. The number of oxime groups is 1. The summed E-state index contributed by atoms with van der Waals surface area (Å²) >= 11 is 0. The van der Waals surface area contributed by atoms with Crippen LogP contribution in [-0.2, 0) is 17.9 Å². The summed E-state index contributed by atoms with van der Waals surface area (Å²) in [4.78, 5) is 9.56. The van der Waals surface area contributed by atoms with Gasteiger partial charge in [-0.3, -0.25) is 0 Å². The Hall–Kier alpha value is -3.35. The van der Waals surface area contributed by atoms with E-state index in [1.54, 1.807) is 32.6 Å². The number of methoxy groups -OCH3 is 2. The summed E-state index contributed by atoms with van der Waals surface area (Å²) in [5.41, 5.74) is 2.94. The van der Waals surface area contributed by atoms with Gasteiger partial charge >= 0.3 is 0 Å². The predicted molar refractivity (Wildman–Crippen MR) is 101 cm³/mol. The van der Waals surface area contributed by atoms with Crippen molar-refractivity contribution < 1.29 is 18.8 Å². The van der Waals surface area contributed by atoms with E-state index in [9.17, 15) is 0 Å². The average Bonchev–Trinajstić information content (AvgIpc) is 3.19. The van der Waals surface area contributed by atoms with E-state index in [-0.39, 0.29) is 6.61 Å². The topological polar surface area (TPSA) is 79.0 Å². The van der Waals surface area contributed by atoms with Gasteiger partial charge in [-0.25, -0.2) is 0 Å². The summed E-state index contributed by atoms with van der Waals surface area (Å²) in [6, 6.07) is 13.5. The molecule has 0 aliphatic heterocycles. The molecule has 3 rings (SSSR count). The molecule has 7 nitrogen and oxygen atoms in total. The van der Waals surface area contributed by atoms with Gasteiger partial charge < -0.3 is 18.8 Å². The minimum atomic E-state index is 0.0784. The van der Waals surface area contributed by atoms with Crippen LogP contribution in [-0.4, -0.2) is 30.6 Å². The molecule has 0 radical (unpaired) electrons. The van der Waals surface area contributed by atoms with Crippen molar-refractivity contribution in [1.82, 2.24) is 10.1 Å². The third kappa shape index (κ3) is 4.63. The highest BCUT2D eigenvalue weighted by Crippen LogP contribution is 2.31. The number of aromatic nitrogens is 2. The van der Waals surface area contributed by atoms with E-state index >= 15 is 0 Å². The third-order valence-corrected chi connectivity index (χ3v) is 3.97. The Morgan fingerprint density at radius 3 is 2.59 bits per heavy atom. The first-order valence-electron chi connectivity index (χ1n) is 8.52. The van der Waals surface area contributed by atoms with Gasteiger partial charge in [0.05, 0.1) is 26.0 Å². The lowest BCUT2D eigenvalue weighted by Gasteiger charge is -2.07. The molecule has 0 amide bonds. The monoisotopic (exact) mass is 367 g/mol. The molecule has 0 fully saturated rings. The number of rotatable bonds is 8. The lowest BCUT2D eigenvalue weighted by Crippen LogP contribution is -1.92. The lowest BCUT2D eigenvalue weighted by molar-refractivity contribution is 0.107. The molecular formula is C20H21N3O4. The molecule has 0 spiro atoms. The van der Waals surface area contributed by atoms with Crippen LogP contribution >= 0.6 is 0 Å². The zero-order valence-electron chi connectivity index (χ0n) is 15.5. The second-order valence-electron chi connectivity index (χ2n) is 5.68. The fraction of sp³-hybridized carbons (Fsp3) is 0.250. The van der Waals surface area contributed by atoms with E-state index in [4.69, 9.17) is 18.8 Å². The van der Waals surface area contributed by atoms with E-state index in [1.165, 1.54) is 5.56 Å². The molecule has 0 unspecified atom stereocenters. The standard InChI is InChI=1S/C20H21N3O4/c1-4-14-5-7-15(8-6-14)12-21-26-13-19-22-20(23-27-19)17-10-9-16(24-2)11-18(17)25-3/h5-12H,4,13H2,1-3H3/b21-12-. The van der Waals surface area contributed by atoms with Gasteiger partial charge in [-0.2, -0.15) is 4.98 Å². The molecule has 0 bridgehead atoms. The molecular weight excluding hydrogens is 346 g/mol. The lowest BCUT2D eigenvalue weighted by atomic mass is 10.1. The van der Waals surface area contributed by atoms with E-state index in [0.29, 0.717) is 28.8 Å². The van der Waals surface area contributed by atoms with Gasteiger partial charge in [-0.05, 0) is 29.7 Å². The van der Waals surface area contributed by atoms with Crippen LogP contribution in [0, 0.1) is 0 Å². The zero-order valence-corrected chi connectivity index (χ0v) is 15.5. The Morgan fingerprint density at radius 1 is 1.07 bits per heavy atom. The van der Waals surface area contributed by atoms with Gasteiger partial charge in [0.25, 0.3) is 5.89 Å². The summed E-state index contributed by atoms with van der Waals surface area (Å²) in [6.45, 7) is 2.20. The third-order valence-electron chi connectivity index (χ3n) is 3.97. The number of hydrogen-bond donors (Lipinski definition) is 0. The molecule has 0 N–H and O–H groups in total. The van der Waals surface area contributed by atoms with Crippen molar-refractivity contribution in [3.8, 4) is 22.9 Å². The van der Waals surface area contributed by atoms with Gasteiger partial charge in [0, 0.05) is 6.07 Å². The van der Waals surface area contributed by atoms with Crippen molar-refractivity contribution in [3.63, 3.8) is 0 Å². The van der Waals surface area contributed by atoms with Crippen LogP contribution in [0.5, 0.6) is 11.5 Å². The normalized spacial score (nSPS) is 10.9. The molecule has 0 atom stereocenters. The molecule has 0 saturated carbocycles.